The number of ether oxygens (including phenoxy) is 2. The van der Waals surface area contributed by atoms with Crippen molar-refractivity contribution in [3.8, 4) is 0 Å². The minimum absolute atomic E-state index is 0.0255. The smallest absolute Gasteiger partial charge is 0.315 e. The molecular formula is C28H46O6. The van der Waals surface area contributed by atoms with E-state index in [1.807, 2.05) is 6.92 Å². The van der Waals surface area contributed by atoms with E-state index in [1.54, 1.807) is 0 Å². The van der Waals surface area contributed by atoms with Gasteiger partial charge in [0.05, 0.1) is 5.41 Å². The monoisotopic (exact) mass is 478 g/mol. The van der Waals surface area contributed by atoms with Crippen molar-refractivity contribution in [3.05, 3.63) is 0 Å². The van der Waals surface area contributed by atoms with Crippen LogP contribution in [0, 0.1) is 46.3 Å². The summed E-state index contributed by atoms with van der Waals surface area (Å²) in [6.07, 6.45) is 8.15. The fraction of sp³-hybridized carbons (Fsp3) is 0.893. The van der Waals surface area contributed by atoms with Crippen molar-refractivity contribution >= 4 is 17.9 Å². The minimum atomic E-state index is -0.826. The molecule has 1 unspecified atom stereocenters. The summed E-state index contributed by atoms with van der Waals surface area (Å²) in [6, 6.07) is 0. The van der Waals surface area contributed by atoms with Gasteiger partial charge in [-0.25, -0.2) is 0 Å². The lowest BCUT2D eigenvalue weighted by molar-refractivity contribution is -0.215. The molecule has 2 saturated carbocycles. The van der Waals surface area contributed by atoms with Crippen molar-refractivity contribution in [1.82, 2.24) is 0 Å². The molecule has 0 amide bonds. The van der Waals surface area contributed by atoms with Crippen LogP contribution >= 0.6 is 0 Å². The highest BCUT2D eigenvalue weighted by Gasteiger charge is 2.60. The van der Waals surface area contributed by atoms with Crippen LogP contribution in [-0.4, -0.2) is 29.3 Å². The predicted molar refractivity (Wildman–Crippen MR) is 130 cm³/mol. The Labute approximate surface area is 205 Å². The Hall–Kier alpha value is -1.59. The highest BCUT2D eigenvalue weighted by Crippen LogP contribution is 2.64. The first kappa shape index (κ1) is 27.0. The van der Waals surface area contributed by atoms with Crippen LogP contribution in [0.1, 0.15) is 106 Å². The van der Waals surface area contributed by atoms with Crippen molar-refractivity contribution in [1.29, 1.82) is 0 Å². The highest BCUT2D eigenvalue weighted by molar-refractivity contribution is 5.78. The van der Waals surface area contributed by atoms with Gasteiger partial charge in [-0.3, -0.25) is 14.4 Å². The maximum absolute atomic E-state index is 13.2. The third-order valence-corrected chi connectivity index (χ3v) is 9.77. The van der Waals surface area contributed by atoms with E-state index in [0.29, 0.717) is 30.6 Å². The van der Waals surface area contributed by atoms with E-state index in [1.165, 1.54) is 26.2 Å². The summed E-state index contributed by atoms with van der Waals surface area (Å²) >= 11 is 0. The molecule has 6 heteroatoms. The number of cyclic esters (lactones) is 1. The molecule has 0 spiro atoms. The Morgan fingerprint density at radius 2 is 1.76 bits per heavy atom. The largest absolute Gasteiger partial charge is 0.481 e. The predicted octanol–water partition coefficient (Wildman–Crippen LogP) is 6.21. The molecule has 2 aliphatic carbocycles. The van der Waals surface area contributed by atoms with Gasteiger partial charge in [0.15, 0.2) is 0 Å². The van der Waals surface area contributed by atoms with Gasteiger partial charge in [-0.05, 0) is 80.0 Å². The number of aliphatic carboxylic acids is 1. The first-order chi connectivity index (χ1) is 15.9. The van der Waals surface area contributed by atoms with E-state index in [2.05, 4.69) is 27.7 Å². The van der Waals surface area contributed by atoms with Crippen molar-refractivity contribution in [3.63, 3.8) is 0 Å². The van der Waals surface area contributed by atoms with Crippen molar-refractivity contribution in [2.24, 2.45) is 46.3 Å². The summed E-state index contributed by atoms with van der Waals surface area (Å²) < 4.78 is 10.7. The van der Waals surface area contributed by atoms with Gasteiger partial charge in [-0.1, -0.05) is 47.0 Å². The van der Waals surface area contributed by atoms with Gasteiger partial charge in [0, 0.05) is 19.8 Å². The molecule has 8 atom stereocenters. The summed E-state index contributed by atoms with van der Waals surface area (Å²) in [5.41, 5.74) is -0.609. The third kappa shape index (κ3) is 5.46. The summed E-state index contributed by atoms with van der Waals surface area (Å²) in [7, 11) is 0. The molecule has 1 heterocycles. The maximum atomic E-state index is 13.2. The van der Waals surface area contributed by atoms with Crippen LogP contribution in [0.2, 0.25) is 0 Å². The molecule has 0 aromatic rings. The van der Waals surface area contributed by atoms with Crippen molar-refractivity contribution in [2.75, 3.05) is 0 Å². The second-order valence-corrected chi connectivity index (χ2v) is 12.4. The fourth-order valence-electron chi connectivity index (χ4n) is 8.03. The summed E-state index contributed by atoms with van der Waals surface area (Å²) in [4.78, 5) is 36.5. The van der Waals surface area contributed by atoms with E-state index >= 15 is 0 Å². The van der Waals surface area contributed by atoms with Gasteiger partial charge in [0.25, 0.3) is 0 Å². The molecule has 0 bridgehead atoms. The molecular weight excluding hydrogens is 432 g/mol. The lowest BCUT2D eigenvalue weighted by Gasteiger charge is -2.54. The molecule has 1 aliphatic heterocycles. The van der Waals surface area contributed by atoms with Crippen LogP contribution in [0.25, 0.3) is 0 Å². The SMILES string of the molecule is CC(=O)O[C@H]1CC[C@](C)(C2CC[C@]3(C)[C@@H]([C@H](C)CCCC(C)C)CC[C@H]3[C@@H]2CC(=O)O)C(=O)O1. The van der Waals surface area contributed by atoms with Crippen molar-refractivity contribution < 1.29 is 29.0 Å². The average molecular weight is 479 g/mol. The quantitative estimate of drug-likeness (QED) is 0.396. The zero-order valence-corrected chi connectivity index (χ0v) is 22.1. The molecule has 194 valence electrons. The maximum Gasteiger partial charge on any atom is 0.315 e. The first-order valence-corrected chi connectivity index (χ1v) is 13.5. The number of fused-ring (bicyclic) bond motifs is 1. The molecule has 34 heavy (non-hydrogen) atoms. The third-order valence-electron chi connectivity index (χ3n) is 9.77. The van der Waals surface area contributed by atoms with E-state index < -0.39 is 23.6 Å². The normalized spacial score (nSPS) is 38.8. The van der Waals surface area contributed by atoms with Gasteiger partial charge < -0.3 is 14.6 Å². The van der Waals surface area contributed by atoms with E-state index in [-0.39, 0.29) is 29.6 Å². The molecule has 0 aromatic heterocycles. The van der Waals surface area contributed by atoms with Gasteiger partial charge in [-0.15, -0.1) is 0 Å². The lowest BCUT2D eigenvalue weighted by Crippen LogP contribution is -2.53. The van der Waals surface area contributed by atoms with Crippen LogP contribution in [0.3, 0.4) is 0 Å². The van der Waals surface area contributed by atoms with Gasteiger partial charge in [0.1, 0.15) is 0 Å². The van der Waals surface area contributed by atoms with Gasteiger partial charge >= 0.3 is 17.9 Å². The lowest BCUT2D eigenvalue weighted by atomic mass is 9.50. The van der Waals surface area contributed by atoms with E-state index in [4.69, 9.17) is 9.47 Å². The molecule has 0 aromatic carbocycles. The number of esters is 2. The molecule has 0 radical (unpaired) electrons. The van der Waals surface area contributed by atoms with Crippen molar-refractivity contribution in [2.45, 2.75) is 112 Å². The number of carboxylic acid groups (broad SMARTS) is 1. The van der Waals surface area contributed by atoms with E-state index in [0.717, 1.165) is 31.6 Å². The number of carboxylic acids is 1. The van der Waals surface area contributed by atoms with E-state index in [9.17, 15) is 19.5 Å². The number of carbonyl (C=O) groups is 3. The molecule has 3 fully saturated rings. The second-order valence-electron chi connectivity index (χ2n) is 12.4. The second kappa shape index (κ2) is 10.6. The Morgan fingerprint density at radius 3 is 2.35 bits per heavy atom. The van der Waals surface area contributed by atoms with Gasteiger partial charge in [0.2, 0.25) is 6.29 Å². The summed E-state index contributed by atoms with van der Waals surface area (Å²) in [5, 5.41) is 9.85. The summed E-state index contributed by atoms with van der Waals surface area (Å²) in [5.74, 6) is 0.648. The first-order valence-electron chi connectivity index (χ1n) is 13.5. The van der Waals surface area contributed by atoms with Gasteiger partial charge in [-0.2, -0.15) is 0 Å². The Balaban J connectivity index is 1.78. The molecule has 6 nitrogen and oxygen atoms in total. The Bertz CT molecular complexity index is 762. The molecule has 3 rings (SSSR count). The molecule has 1 saturated heterocycles. The molecule has 3 aliphatic rings. The zero-order chi connectivity index (χ0) is 25.3. The minimum Gasteiger partial charge on any atom is -0.481 e. The fourth-order valence-corrected chi connectivity index (χ4v) is 8.03. The zero-order valence-electron chi connectivity index (χ0n) is 22.1. The average Bonchev–Trinajstić information content (AvgIpc) is 3.07. The van der Waals surface area contributed by atoms with Crippen LogP contribution in [-0.2, 0) is 23.9 Å². The summed E-state index contributed by atoms with van der Waals surface area (Å²) in [6.45, 7) is 12.6. The van der Waals surface area contributed by atoms with Crippen LogP contribution < -0.4 is 0 Å². The van der Waals surface area contributed by atoms with Crippen LogP contribution in [0.5, 0.6) is 0 Å². The van der Waals surface area contributed by atoms with Crippen LogP contribution in [0.4, 0.5) is 0 Å². The Kier molecular flexibility index (Phi) is 8.40. The number of carbonyl (C=O) groups excluding carboxylic acids is 2. The topological polar surface area (TPSA) is 89.9 Å². The Morgan fingerprint density at radius 1 is 1.06 bits per heavy atom. The highest BCUT2D eigenvalue weighted by atomic mass is 16.7. The van der Waals surface area contributed by atoms with Crippen LogP contribution in [0.15, 0.2) is 0 Å². The molecule has 1 N–H and O–H groups in total. The standard InChI is InChI=1S/C28H46O6/c1-17(2)8-7-9-18(3)21-10-11-22-20(16-24(30)31)23(12-14-27(21,22)5)28(6)15-13-25(33-19(4)29)34-26(28)32/h17-18,20-23,25H,7-16H2,1-6H3,(H,30,31)/t18-,20+,21-,22+,23?,25-,27-,28-/m1/s1. The number of hydrogen-bond donors (Lipinski definition) is 1. The number of hydrogen-bond acceptors (Lipinski definition) is 5. The number of rotatable bonds is 9.